The minimum absolute atomic E-state index is 0.0485. The molecule has 0 radical (unpaired) electrons. The van der Waals surface area contributed by atoms with Crippen molar-refractivity contribution in [2.24, 2.45) is 0 Å². The monoisotopic (exact) mass is 354 g/mol. The fraction of sp³-hybridized carbons (Fsp3) is 0.0769. The zero-order chi connectivity index (χ0) is 18.2. The van der Waals surface area contributed by atoms with Crippen molar-refractivity contribution >= 4 is 12.6 Å². The third-order valence-corrected chi connectivity index (χ3v) is 2.89. The Bertz CT molecular complexity index is 759. The summed E-state index contributed by atoms with van der Waals surface area (Å²) in [7, 11) is -2.53. The molecule has 0 saturated carbocycles. The van der Waals surface area contributed by atoms with E-state index in [9.17, 15) is 30.7 Å². The van der Waals surface area contributed by atoms with E-state index >= 15 is 0 Å². The van der Waals surface area contributed by atoms with Crippen LogP contribution in [-0.4, -0.2) is 17.2 Å². The van der Waals surface area contributed by atoms with Crippen LogP contribution in [0.1, 0.15) is 5.56 Å². The topological polar surface area (TPSA) is 49.7 Å². The summed E-state index contributed by atoms with van der Waals surface area (Å²) in [5.41, 5.74) is -3.09. The minimum Gasteiger partial charge on any atom is -0.429 e. The largest absolute Gasteiger partial charge is 0.491 e. The zero-order valence-corrected chi connectivity index (χ0v) is 11.3. The average molecular weight is 354 g/mol. The summed E-state index contributed by atoms with van der Waals surface area (Å²) in [6.45, 7) is 0. The van der Waals surface area contributed by atoms with Gasteiger partial charge in [0.1, 0.15) is 22.9 Å². The standard InChI is InChI=1S/C13H6BF7O3/c15-7-2-1-6(14(22)23)11(18)10(7)13(20,21)24-5-3-8(16)12(19)9(17)4-5/h1-4,22-23H. The molecule has 3 nitrogen and oxygen atoms in total. The predicted molar refractivity (Wildman–Crippen MR) is 67.0 cm³/mol. The molecule has 0 aliphatic rings. The zero-order valence-electron chi connectivity index (χ0n) is 11.3. The summed E-state index contributed by atoms with van der Waals surface area (Å²) >= 11 is 0. The molecular weight excluding hydrogens is 348 g/mol. The van der Waals surface area contributed by atoms with Crippen molar-refractivity contribution in [3.8, 4) is 5.75 Å². The molecule has 0 aromatic heterocycles. The van der Waals surface area contributed by atoms with Crippen LogP contribution in [0.25, 0.3) is 0 Å². The number of halogens is 7. The van der Waals surface area contributed by atoms with Crippen LogP contribution in [0, 0.1) is 29.1 Å². The highest BCUT2D eigenvalue weighted by atomic mass is 19.3. The van der Waals surface area contributed by atoms with E-state index in [1.54, 1.807) is 0 Å². The summed E-state index contributed by atoms with van der Waals surface area (Å²) < 4.78 is 98.0. The third-order valence-electron chi connectivity index (χ3n) is 2.89. The molecule has 0 aliphatic heterocycles. The number of benzene rings is 2. The van der Waals surface area contributed by atoms with Crippen molar-refractivity contribution in [3.05, 3.63) is 58.9 Å². The number of hydrogen-bond acceptors (Lipinski definition) is 3. The van der Waals surface area contributed by atoms with E-state index < -0.39 is 59.1 Å². The lowest BCUT2D eigenvalue weighted by Crippen LogP contribution is -2.37. The summed E-state index contributed by atoms with van der Waals surface area (Å²) in [5, 5.41) is 17.7. The lowest BCUT2D eigenvalue weighted by atomic mass is 9.79. The molecule has 0 fully saturated rings. The van der Waals surface area contributed by atoms with Gasteiger partial charge in [-0.25, -0.2) is 22.0 Å². The molecule has 2 aromatic rings. The lowest BCUT2D eigenvalue weighted by molar-refractivity contribution is -0.189. The molecule has 0 heterocycles. The Balaban J connectivity index is 2.50. The number of alkyl halides is 2. The molecule has 0 spiro atoms. The second-order valence-corrected chi connectivity index (χ2v) is 4.52. The summed E-state index contributed by atoms with van der Waals surface area (Å²) in [6.07, 6.45) is -4.80. The van der Waals surface area contributed by atoms with Crippen LogP contribution in [0.3, 0.4) is 0 Å². The van der Waals surface area contributed by atoms with Crippen LogP contribution in [0.4, 0.5) is 30.7 Å². The highest BCUT2D eigenvalue weighted by Gasteiger charge is 2.43. The molecule has 0 saturated heterocycles. The van der Waals surface area contributed by atoms with Gasteiger partial charge in [0, 0.05) is 17.6 Å². The molecule has 24 heavy (non-hydrogen) atoms. The highest BCUT2D eigenvalue weighted by molar-refractivity contribution is 6.58. The Morgan fingerprint density at radius 1 is 0.833 bits per heavy atom. The molecule has 0 bridgehead atoms. The van der Waals surface area contributed by atoms with Gasteiger partial charge in [0.25, 0.3) is 0 Å². The lowest BCUT2D eigenvalue weighted by Gasteiger charge is -2.20. The maximum absolute atomic E-state index is 14.0. The third kappa shape index (κ3) is 3.31. The molecular formula is C13H6BF7O3. The van der Waals surface area contributed by atoms with Crippen LogP contribution < -0.4 is 10.2 Å². The second-order valence-electron chi connectivity index (χ2n) is 4.52. The van der Waals surface area contributed by atoms with Gasteiger partial charge in [-0.2, -0.15) is 8.78 Å². The smallest absolute Gasteiger partial charge is 0.429 e. The van der Waals surface area contributed by atoms with Gasteiger partial charge in [0.05, 0.1) is 0 Å². The van der Waals surface area contributed by atoms with Crippen LogP contribution in [0.2, 0.25) is 0 Å². The van der Waals surface area contributed by atoms with Gasteiger partial charge in [0.15, 0.2) is 17.5 Å². The maximum atomic E-state index is 14.0. The van der Waals surface area contributed by atoms with Gasteiger partial charge < -0.3 is 14.8 Å². The molecule has 0 aliphatic carbocycles. The van der Waals surface area contributed by atoms with Gasteiger partial charge >= 0.3 is 13.2 Å². The number of rotatable bonds is 4. The first kappa shape index (κ1) is 18.1. The molecule has 11 heteroatoms. The van der Waals surface area contributed by atoms with E-state index in [1.807, 2.05) is 0 Å². The van der Waals surface area contributed by atoms with Crippen molar-refractivity contribution in [1.82, 2.24) is 0 Å². The predicted octanol–water partition coefficient (Wildman–Crippen LogP) is 2.19. The first-order valence-electron chi connectivity index (χ1n) is 6.10. The SMILES string of the molecule is OB(O)c1ccc(F)c(C(F)(F)Oc2cc(F)c(F)c(F)c2)c1F. The Labute approximate surface area is 130 Å². The Kier molecular flexibility index (Phi) is 4.76. The quantitative estimate of drug-likeness (QED) is 0.503. The normalized spacial score (nSPS) is 11.5. The summed E-state index contributed by atoms with van der Waals surface area (Å²) in [4.78, 5) is 0. The molecule has 2 rings (SSSR count). The number of ether oxygens (including phenoxy) is 1. The molecule has 2 aromatic carbocycles. The highest BCUT2D eigenvalue weighted by Crippen LogP contribution is 2.35. The van der Waals surface area contributed by atoms with Gasteiger partial charge in [-0.1, -0.05) is 6.07 Å². The van der Waals surface area contributed by atoms with E-state index in [4.69, 9.17) is 10.0 Å². The van der Waals surface area contributed by atoms with Crippen LogP contribution >= 0.6 is 0 Å². The second kappa shape index (κ2) is 6.32. The van der Waals surface area contributed by atoms with Crippen LogP contribution in [0.5, 0.6) is 5.75 Å². The Hall–Kier alpha value is -2.27. The average Bonchev–Trinajstić information content (AvgIpc) is 2.43. The molecule has 0 atom stereocenters. The van der Waals surface area contributed by atoms with E-state index in [0.717, 1.165) is 0 Å². The van der Waals surface area contributed by atoms with E-state index in [-0.39, 0.29) is 12.1 Å². The maximum Gasteiger partial charge on any atom is 0.491 e. The fourth-order valence-electron chi connectivity index (χ4n) is 1.83. The summed E-state index contributed by atoms with van der Waals surface area (Å²) in [6, 6.07) is 0.919. The van der Waals surface area contributed by atoms with Crippen LogP contribution in [0.15, 0.2) is 24.3 Å². The summed E-state index contributed by atoms with van der Waals surface area (Å²) in [5.74, 6) is -10.8. The van der Waals surface area contributed by atoms with E-state index in [0.29, 0.717) is 12.1 Å². The fourth-order valence-corrected chi connectivity index (χ4v) is 1.83. The molecule has 0 amide bonds. The Morgan fingerprint density at radius 3 is 1.88 bits per heavy atom. The van der Waals surface area contributed by atoms with E-state index in [2.05, 4.69) is 4.74 Å². The first-order chi connectivity index (χ1) is 11.0. The molecule has 2 N–H and O–H groups in total. The first-order valence-corrected chi connectivity index (χ1v) is 6.10. The van der Waals surface area contributed by atoms with Gasteiger partial charge in [-0.05, 0) is 6.07 Å². The van der Waals surface area contributed by atoms with Gasteiger partial charge in [0.2, 0.25) is 0 Å². The van der Waals surface area contributed by atoms with E-state index in [1.165, 1.54) is 0 Å². The van der Waals surface area contributed by atoms with Crippen molar-refractivity contribution in [2.45, 2.75) is 6.11 Å². The minimum atomic E-state index is -4.80. The number of hydrogen-bond donors (Lipinski definition) is 2. The van der Waals surface area contributed by atoms with Crippen molar-refractivity contribution in [1.29, 1.82) is 0 Å². The van der Waals surface area contributed by atoms with Gasteiger partial charge in [-0.15, -0.1) is 0 Å². The van der Waals surface area contributed by atoms with Crippen molar-refractivity contribution < 1.29 is 45.5 Å². The van der Waals surface area contributed by atoms with Crippen molar-refractivity contribution in [3.63, 3.8) is 0 Å². The van der Waals surface area contributed by atoms with Gasteiger partial charge in [-0.3, -0.25) is 0 Å². The molecule has 0 unspecified atom stereocenters. The van der Waals surface area contributed by atoms with Crippen LogP contribution in [-0.2, 0) is 6.11 Å². The Morgan fingerprint density at radius 2 is 1.38 bits per heavy atom. The van der Waals surface area contributed by atoms with Crippen molar-refractivity contribution in [2.75, 3.05) is 0 Å². The molecule has 128 valence electrons.